The molecule has 0 unspecified atom stereocenters. The van der Waals surface area contributed by atoms with Crippen molar-refractivity contribution >= 4 is 15.9 Å². The van der Waals surface area contributed by atoms with Crippen LogP contribution in [0.1, 0.15) is 30.5 Å². The van der Waals surface area contributed by atoms with Gasteiger partial charge in [-0.25, -0.2) is 23.1 Å². The van der Waals surface area contributed by atoms with E-state index in [1.165, 1.54) is 6.33 Å². The molecule has 9 nitrogen and oxygen atoms in total. The zero-order valence-electron chi connectivity index (χ0n) is 16.7. The second-order valence-corrected chi connectivity index (χ2v) is 8.99. The van der Waals surface area contributed by atoms with E-state index in [2.05, 4.69) is 20.0 Å². The fourth-order valence-electron chi connectivity index (χ4n) is 3.29. The standard InChI is InChI=1S/C20H26N4O5S/c1-14-2-5-17(6-3-14)30(27,28)24-18-7-4-16(29-19(18)12-25)10-20(26)22-11-15-8-9-21-13-23-15/h2-3,5-6,8-9,13,16,18-19,24-25H,4,7,10-12H2,1H3,(H,22,26)/t16-,18+,19-/m0/s1. The predicted octanol–water partition coefficient (Wildman–Crippen LogP) is 0.678. The van der Waals surface area contributed by atoms with Crippen molar-refractivity contribution in [2.24, 2.45) is 0 Å². The molecule has 0 saturated carbocycles. The van der Waals surface area contributed by atoms with Gasteiger partial charge in [-0.2, -0.15) is 0 Å². The first-order chi connectivity index (χ1) is 14.4. The van der Waals surface area contributed by atoms with Crippen molar-refractivity contribution < 1.29 is 23.1 Å². The van der Waals surface area contributed by atoms with Gasteiger partial charge in [0, 0.05) is 6.20 Å². The van der Waals surface area contributed by atoms with E-state index >= 15 is 0 Å². The fourth-order valence-corrected chi connectivity index (χ4v) is 4.59. The molecular weight excluding hydrogens is 408 g/mol. The second kappa shape index (κ2) is 10.1. The molecule has 10 heteroatoms. The summed E-state index contributed by atoms with van der Waals surface area (Å²) in [6.07, 6.45) is 2.97. The molecule has 3 N–H and O–H groups in total. The summed E-state index contributed by atoms with van der Waals surface area (Å²) in [5.41, 5.74) is 1.66. The zero-order valence-corrected chi connectivity index (χ0v) is 17.5. The van der Waals surface area contributed by atoms with Gasteiger partial charge in [-0.3, -0.25) is 4.79 Å². The molecule has 0 radical (unpaired) electrons. The number of benzene rings is 1. The number of aryl methyl sites for hydroxylation is 1. The van der Waals surface area contributed by atoms with E-state index in [9.17, 15) is 18.3 Å². The number of nitrogens with one attached hydrogen (secondary N) is 2. The van der Waals surface area contributed by atoms with E-state index in [0.29, 0.717) is 18.5 Å². The summed E-state index contributed by atoms with van der Waals surface area (Å²) in [6, 6.07) is 7.68. The molecule has 2 aromatic rings. The molecule has 162 valence electrons. The molecular formula is C20H26N4O5S. The Hall–Kier alpha value is -2.40. The highest BCUT2D eigenvalue weighted by Gasteiger charge is 2.34. The molecule has 0 bridgehead atoms. The molecule has 1 aliphatic heterocycles. The van der Waals surface area contributed by atoms with Crippen LogP contribution in [0.25, 0.3) is 0 Å². The average Bonchev–Trinajstić information content (AvgIpc) is 2.74. The highest BCUT2D eigenvalue weighted by atomic mass is 32.2. The number of sulfonamides is 1. The third kappa shape index (κ3) is 6.05. The first-order valence-electron chi connectivity index (χ1n) is 9.74. The number of amides is 1. The number of nitrogens with zero attached hydrogens (tertiary/aromatic N) is 2. The molecule has 0 spiro atoms. The third-order valence-corrected chi connectivity index (χ3v) is 6.46. The number of rotatable bonds is 8. The average molecular weight is 435 g/mol. The highest BCUT2D eigenvalue weighted by Crippen LogP contribution is 2.23. The van der Waals surface area contributed by atoms with Gasteiger partial charge in [0.15, 0.2) is 0 Å². The van der Waals surface area contributed by atoms with E-state index in [-0.39, 0.29) is 30.4 Å². The molecule has 1 aromatic carbocycles. The highest BCUT2D eigenvalue weighted by molar-refractivity contribution is 7.89. The summed E-state index contributed by atoms with van der Waals surface area (Å²) >= 11 is 0. The smallest absolute Gasteiger partial charge is 0.240 e. The third-order valence-electron chi connectivity index (χ3n) is 4.96. The van der Waals surface area contributed by atoms with Crippen molar-refractivity contribution in [1.29, 1.82) is 0 Å². The van der Waals surface area contributed by atoms with Gasteiger partial charge < -0.3 is 15.2 Å². The minimum Gasteiger partial charge on any atom is -0.394 e. The predicted molar refractivity (Wildman–Crippen MR) is 109 cm³/mol. The van der Waals surface area contributed by atoms with Crippen molar-refractivity contribution in [3.8, 4) is 0 Å². The van der Waals surface area contributed by atoms with Crippen LogP contribution in [0.3, 0.4) is 0 Å². The summed E-state index contributed by atoms with van der Waals surface area (Å²) < 4.78 is 33.7. The van der Waals surface area contributed by atoms with Crippen LogP contribution in [0.5, 0.6) is 0 Å². The van der Waals surface area contributed by atoms with Crippen LogP contribution in [0.4, 0.5) is 0 Å². The topological polar surface area (TPSA) is 131 Å². The molecule has 0 aliphatic carbocycles. The van der Waals surface area contributed by atoms with E-state index < -0.39 is 28.3 Å². The van der Waals surface area contributed by atoms with Crippen molar-refractivity contribution in [1.82, 2.24) is 20.0 Å². The van der Waals surface area contributed by atoms with Gasteiger partial charge in [-0.1, -0.05) is 17.7 Å². The lowest BCUT2D eigenvalue weighted by molar-refractivity contribution is -0.130. The molecule has 3 atom stereocenters. The number of aliphatic hydroxyl groups is 1. The SMILES string of the molecule is Cc1ccc(S(=O)(=O)N[C@@H]2CC[C@@H](CC(=O)NCc3ccncn3)O[C@H]2CO)cc1. The number of hydrogen-bond donors (Lipinski definition) is 3. The number of carbonyl (C=O) groups excluding carboxylic acids is 1. The molecule has 1 fully saturated rings. The summed E-state index contributed by atoms with van der Waals surface area (Å²) in [4.78, 5) is 20.2. The number of aromatic nitrogens is 2. The quantitative estimate of drug-likeness (QED) is 0.557. The lowest BCUT2D eigenvalue weighted by Crippen LogP contribution is -2.51. The van der Waals surface area contributed by atoms with Gasteiger partial charge in [0.2, 0.25) is 15.9 Å². The van der Waals surface area contributed by atoms with E-state index in [4.69, 9.17) is 4.74 Å². The maximum Gasteiger partial charge on any atom is 0.240 e. The monoisotopic (exact) mass is 434 g/mol. The van der Waals surface area contributed by atoms with Crippen LogP contribution in [-0.2, 0) is 26.1 Å². The summed E-state index contributed by atoms with van der Waals surface area (Å²) in [5.74, 6) is -0.200. The van der Waals surface area contributed by atoms with Gasteiger partial charge >= 0.3 is 0 Å². The molecule has 2 heterocycles. The van der Waals surface area contributed by atoms with Crippen LogP contribution in [0.15, 0.2) is 47.8 Å². The Morgan fingerprint density at radius 2 is 2.00 bits per heavy atom. The molecule has 1 aliphatic rings. The van der Waals surface area contributed by atoms with Crippen LogP contribution < -0.4 is 10.0 Å². The largest absolute Gasteiger partial charge is 0.394 e. The van der Waals surface area contributed by atoms with E-state index in [0.717, 1.165) is 5.56 Å². The molecule has 1 aromatic heterocycles. The number of hydrogen-bond acceptors (Lipinski definition) is 7. The Bertz CT molecular complexity index is 937. The Morgan fingerprint density at radius 3 is 2.67 bits per heavy atom. The number of ether oxygens (including phenoxy) is 1. The lowest BCUT2D eigenvalue weighted by atomic mass is 9.98. The zero-order chi connectivity index (χ0) is 21.6. The van der Waals surface area contributed by atoms with Crippen LogP contribution in [0, 0.1) is 6.92 Å². The van der Waals surface area contributed by atoms with Crippen LogP contribution in [-0.4, -0.2) is 54.3 Å². The van der Waals surface area contributed by atoms with Gasteiger partial charge in [-0.15, -0.1) is 0 Å². The summed E-state index contributed by atoms with van der Waals surface area (Å²) in [7, 11) is -3.73. The Labute approximate surface area is 176 Å². The van der Waals surface area contributed by atoms with Crippen molar-refractivity contribution in [2.75, 3.05) is 6.61 Å². The first kappa shape index (κ1) is 22.3. The van der Waals surface area contributed by atoms with Gasteiger partial charge in [-0.05, 0) is 38.0 Å². The summed E-state index contributed by atoms with van der Waals surface area (Å²) in [5, 5.41) is 12.5. The lowest BCUT2D eigenvalue weighted by Gasteiger charge is -2.35. The molecule has 30 heavy (non-hydrogen) atoms. The van der Waals surface area contributed by atoms with E-state index in [1.807, 2.05) is 6.92 Å². The Morgan fingerprint density at radius 1 is 1.23 bits per heavy atom. The number of carbonyl (C=O) groups is 1. The van der Waals surface area contributed by atoms with Crippen molar-refractivity contribution in [3.63, 3.8) is 0 Å². The Balaban J connectivity index is 1.53. The molecule has 1 amide bonds. The molecule has 3 rings (SSSR count). The normalized spacial score (nSPS) is 21.9. The number of aliphatic hydroxyl groups excluding tert-OH is 1. The summed E-state index contributed by atoms with van der Waals surface area (Å²) in [6.45, 7) is 1.82. The van der Waals surface area contributed by atoms with Gasteiger partial charge in [0.1, 0.15) is 6.33 Å². The fraction of sp³-hybridized carbons (Fsp3) is 0.450. The molecule has 1 saturated heterocycles. The van der Waals surface area contributed by atoms with Crippen LogP contribution in [0.2, 0.25) is 0 Å². The minimum absolute atomic E-state index is 0.124. The Kier molecular flexibility index (Phi) is 7.48. The maximum absolute atomic E-state index is 12.6. The maximum atomic E-state index is 12.6. The van der Waals surface area contributed by atoms with Crippen molar-refractivity contribution in [2.45, 2.75) is 55.9 Å². The minimum atomic E-state index is -3.73. The van der Waals surface area contributed by atoms with E-state index in [1.54, 1.807) is 36.5 Å². The van der Waals surface area contributed by atoms with Gasteiger partial charge in [0.05, 0.1) is 48.4 Å². The first-order valence-corrected chi connectivity index (χ1v) is 11.2. The second-order valence-electron chi connectivity index (χ2n) is 7.28. The van der Waals surface area contributed by atoms with Crippen LogP contribution >= 0.6 is 0 Å². The van der Waals surface area contributed by atoms with Crippen molar-refractivity contribution in [3.05, 3.63) is 54.1 Å². The van der Waals surface area contributed by atoms with Gasteiger partial charge in [0.25, 0.3) is 0 Å².